The summed E-state index contributed by atoms with van der Waals surface area (Å²) < 4.78 is 10.6. The lowest BCUT2D eigenvalue weighted by Gasteiger charge is -2.12. The molecule has 1 aliphatic rings. The van der Waals surface area contributed by atoms with Gasteiger partial charge in [0.1, 0.15) is 17.4 Å². The molecule has 0 spiro atoms. The fraction of sp³-hybridized carbons (Fsp3) is 0.364. The van der Waals surface area contributed by atoms with E-state index in [1.165, 1.54) is 12.1 Å². The minimum atomic E-state index is -1.35. The molecule has 7 heteroatoms. The smallest absolute Gasteiger partial charge is 0.342 e. The van der Waals surface area contributed by atoms with Gasteiger partial charge in [0.2, 0.25) is 0 Å². The van der Waals surface area contributed by atoms with E-state index >= 15 is 0 Å². The van der Waals surface area contributed by atoms with Gasteiger partial charge in [0.15, 0.2) is 0 Å². The maximum atomic E-state index is 10.9. The van der Waals surface area contributed by atoms with Crippen LogP contribution >= 0.6 is 0 Å². The summed E-state index contributed by atoms with van der Waals surface area (Å²) in [7, 11) is 0. The number of hydrogen-bond acceptors (Lipinski definition) is 5. The highest BCUT2D eigenvalue weighted by Crippen LogP contribution is 2.25. The summed E-state index contributed by atoms with van der Waals surface area (Å²) in [5, 5.41) is 19.6. The lowest BCUT2D eigenvalue weighted by Crippen LogP contribution is -2.16. The number of benzene rings is 1. The first-order chi connectivity index (χ1) is 8.58. The van der Waals surface area contributed by atoms with Crippen molar-refractivity contribution in [1.29, 1.82) is 0 Å². The van der Waals surface area contributed by atoms with Crippen molar-refractivity contribution in [3.05, 3.63) is 33.9 Å². The molecule has 0 saturated carbocycles. The Morgan fingerprint density at radius 3 is 2.89 bits per heavy atom. The average Bonchev–Trinajstić information content (AvgIpc) is 2.81. The predicted octanol–water partition coefficient (Wildman–Crippen LogP) is 1.46. The van der Waals surface area contributed by atoms with Gasteiger partial charge in [0.25, 0.3) is 5.69 Å². The van der Waals surface area contributed by atoms with E-state index in [0.717, 1.165) is 12.5 Å². The van der Waals surface area contributed by atoms with Gasteiger partial charge in [-0.25, -0.2) is 4.79 Å². The molecule has 1 N–H and O–H groups in total. The maximum absolute atomic E-state index is 10.9. The number of carbonyl (C=O) groups is 1. The zero-order chi connectivity index (χ0) is 13.1. The van der Waals surface area contributed by atoms with E-state index in [1.807, 2.05) is 0 Å². The molecule has 1 atom stereocenters. The first kappa shape index (κ1) is 12.3. The monoisotopic (exact) mass is 253 g/mol. The summed E-state index contributed by atoms with van der Waals surface area (Å²) in [5.41, 5.74) is -0.825. The van der Waals surface area contributed by atoms with E-state index in [9.17, 15) is 14.9 Å². The zero-order valence-corrected chi connectivity index (χ0v) is 9.37. The van der Waals surface area contributed by atoms with Crippen LogP contribution in [0.25, 0.3) is 0 Å². The molecule has 0 aromatic heterocycles. The first-order valence-electron chi connectivity index (χ1n) is 5.34. The summed E-state index contributed by atoms with van der Waals surface area (Å²) in [6, 6.07) is 3.69. The molecule has 1 aromatic rings. The van der Waals surface area contributed by atoms with E-state index in [2.05, 4.69) is 0 Å². The van der Waals surface area contributed by atoms with Gasteiger partial charge < -0.3 is 14.6 Å². The van der Waals surface area contributed by atoms with E-state index < -0.39 is 16.6 Å². The molecule has 1 aromatic carbocycles. The molecule has 1 fully saturated rings. The van der Waals surface area contributed by atoms with Crippen LogP contribution in [0.1, 0.15) is 16.8 Å². The van der Waals surface area contributed by atoms with Crippen LogP contribution in [0, 0.1) is 10.1 Å². The van der Waals surface area contributed by atoms with Crippen LogP contribution in [-0.4, -0.2) is 35.3 Å². The number of ether oxygens (including phenoxy) is 2. The molecule has 0 bridgehead atoms. The molecule has 1 saturated heterocycles. The minimum Gasteiger partial charge on any atom is -0.488 e. The third-order valence-corrected chi connectivity index (χ3v) is 2.59. The van der Waals surface area contributed by atoms with Crippen LogP contribution in [0.5, 0.6) is 5.75 Å². The van der Waals surface area contributed by atoms with Gasteiger partial charge in [0, 0.05) is 18.6 Å². The summed E-state index contributed by atoms with van der Waals surface area (Å²) in [5.74, 6) is -1.05. The number of carboxylic acid groups (broad SMARTS) is 1. The zero-order valence-electron chi connectivity index (χ0n) is 9.37. The van der Waals surface area contributed by atoms with Gasteiger partial charge in [0.05, 0.1) is 18.1 Å². The number of nitrogens with zero attached hydrogens (tertiary/aromatic N) is 1. The second-order valence-electron chi connectivity index (χ2n) is 3.84. The van der Waals surface area contributed by atoms with Crippen molar-refractivity contribution >= 4 is 11.7 Å². The van der Waals surface area contributed by atoms with Crippen LogP contribution in [0.2, 0.25) is 0 Å². The van der Waals surface area contributed by atoms with Crippen LogP contribution in [0.4, 0.5) is 5.69 Å². The molecule has 0 unspecified atom stereocenters. The van der Waals surface area contributed by atoms with Gasteiger partial charge in [-0.15, -0.1) is 0 Å². The van der Waals surface area contributed by atoms with Crippen LogP contribution in [0.15, 0.2) is 18.2 Å². The van der Waals surface area contributed by atoms with Crippen LogP contribution < -0.4 is 4.74 Å². The third-order valence-electron chi connectivity index (χ3n) is 2.59. The fourth-order valence-corrected chi connectivity index (χ4v) is 1.72. The van der Waals surface area contributed by atoms with Crippen molar-refractivity contribution in [1.82, 2.24) is 0 Å². The van der Waals surface area contributed by atoms with Crippen LogP contribution in [-0.2, 0) is 4.74 Å². The molecule has 18 heavy (non-hydrogen) atoms. The van der Waals surface area contributed by atoms with Gasteiger partial charge >= 0.3 is 5.97 Å². The van der Waals surface area contributed by atoms with Gasteiger partial charge in [-0.3, -0.25) is 10.1 Å². The first-order valence-corrected chi connectivity index (χ1v) is 5.34. The second-order valence-corrected chi connectivity index (χ2v) is 3.84. The SMILES string of the molecule is O=C(O)c1cc(O[C@@H]2CCOC2)ccc1[N+](=O)[O-]. The Hall–Kier alpha value is -2.15. The molecule has 1 heterocycles. The Morgan fingerprint density at radius 2 is 2.33 bits per heavy atom. The summed E-state index contributed by atoms with van der Waals surface area (Å²) in [4.78, 5) is 20.9. The molecular weight excluding hydrogens is 242 g/mol. The lowest BCUT2D eigenvalue weighted by atomic mass is 10.1. The molecule has 7 nitrogen and oxygen atoms in total. The predicted molar refractivity (Wildman–Crippen MR) is 59.9 cm³/mol. The van der Waals surface area contributed by atoms with Crippen molar-refractivity contribution in [3.8, 4) is 5.75 Å². The van der Waals surface area contributed by atoms with Crippen LogP contribution in [0.3, 0.4) is 0 Å². The third kappa shape index (κ3) is 2.57. The van der Waals surface area contributed by atoms with Crippen molar-refractivity contribution in [2.24, 2.45) is 0 Å². The second kappa shape index (κ2) is 5.01. The lowest BCUT2D eigenvalue weighted by molar-refractivity contribution is -0.385. The Labute approximate surface area is 102 Å². The van der Waals surface area contributed by atoms with Gasteiger partial charge in [-0.2, -0.15) is 0 Å². The van der Waals surface area contributed by atoms with E-state index in [0.29, 0.717) is 19.0 Å². The highest BCUT2D eigenvalue weighted by molar-refractivity contribution is 5.92. The average molecular weight is 253 g/mol. The minimum absolute atomic E-state index is 0.131. The number of hydrogen-bond donors (Lipinski definition) is 1. The largest absolute Gasteiger partial charge is 0.488 e. The van der Waals surface area contributed by atoms with E-state index in [1.54, 1.807) is 0 Å². The summed E-state index contributed by atoms with van der Waals surface area (Å²) in [6.45, 7) is 1.04. The van der Waals surface area contributed by atoms with Crippen molar-refractivity contribution in [3.63, 3.8) is 0 Å². The Balaban J connectivity index is 2.24. The number of rotatable bonds is 4. The molecule has 0 radical (unpaired) electrons. The maximum Gasteiger partial charge on any atom is 0.342 e. The van der Waals surface area contributed by atoms with Gasteiger partial charge in [-0.05, 0) is 6.07 Å². The Kier molecular flexibility index (Phi) is 3.42. The highest BCUT2D eigenvalue weighted by atomic mass is 16.6. The van der Waals surface area contributed by atoms with E-state index in [-0.39, 0.29) is 11.7 Å². The van der Waals surface area contributed by atoms with Gasteiger partial charge in [-0.1, -0.05) is 0 Å². The number of nitro groups is 1. The topological polar surface area (TPSA) is 98.9 Å². The van der Waals surface area contributed by atoms with Crippen molar-refractivity contribution in [2.45, 2.75) is 12.5 Å². The van der Waals surface area contributed by atoms with Crippen molar-refractivity contribution < 1.29 is 24.3 Å². The molecular formula is C11H11NO6. The Bertz CT molecular complexity index is 480. The molecule has 0 amide bonds. The molecule has 96 valence electrons. The summed E-state index contributed by atoms with van der Waals surface area (Å²) >= 11 is 0. The number of aromatic carboxylic acids is 1. The standard InChI is InChI=1S/C11H11NO6/c13-11(14)9-5-7(1-2-10(9)12(15)16)18-8-3-4-17-6-8/h1-2,5,8H,3-4,6H2,(H,13,14)/t8-/m1/s1. The normalized spacial score (nSPS) is 18.6. The number of nitro benzene ring substituents is 1. The van der Waals surface area contributed by atoms with E-state index in [4.69, 9.17) is 14.6 Å². The quantitative estimate of drug-likeness (QED) is 0.644. The molecule has 2 rings (SSSR count). The summed E-state index contributed by atoms with van der Waals surface area (Å²) in [6.07, 6.45) is 0.590. The fourth-order valence-electron chi connectivity index (χ4n) is 1.72. The highest BCUT2D eigenvalue weighted by Gasteiger charge is 2.22. The van der Waals surface area contributed by atoms with Crippen molar-refractivity contribution in [2.75, 3.05) is 13.2 Å². The number of carboxylic acids is 1. The molecule has 1 aliphatic heterocycles. The Morgan fingerprint density at radius 1 is 1.56 bits per heavy atom. The molecule has 0 aliphatic carbocycles.